The largest absolute Gasteiger partial charge is 0.493 e. The molecule has 0 bridgehead atoms. The van der Waals surface area contributed by atoms with E-state index < -0.39 is 5.60 Å². The second kappa shape index (κ2) is 5.36. The number of aryl methyl sites for hydroxylation is 1. The summed E-state index contributed by atoms with van der Waals surface area (Å²) < 4.78 is 6.98. The molecule has 1 unspecified atom stereocenters. The number of pyridine rings is 1. The Morgan fingerprint density at radius 1 is 1.27 bits per heavy atom. The van der Waals surface area contributed by atoms with E-state index in [4.69, 9.17) is 4.74 Å². The van der Waals surface area contributed by atoms with E-state index in [-0.39, 0.29) is 5.41 Å². The number of fused-ring (bicyclic) bond motifs is 1. The molecule has 1 aromatic carbocycles. The summed E-state index contributed by atoms with van der Waals surface area (Å²) in [5.74, 6) is 0.719. The first-order valence-corrected chi connectivity index (χ1v) is 8.18. The molecule has 1 aliphatic heterocycles. The maximum Gasteiger partial charge on any atom is 0.136 e. The van der Waals surface area contributed by atoms with E-state index in [1.165, 1.54) is 0 Å². The number of nitrogens with zero attached hydrogens (tertiary/aromatic N) is 1. The SMILES string of the molecule is Cc1cc2c(cc1Br)OCC(C)(C)CC2(O)c1ccccn1. The molecule has 0 fully saturated rings. The summed E-state index contributed by atoms with van der Waals surface area (Å²) in [7, 11) is 0. The van der Waals surface area contributed by atoms with Gasteiger partial charge in [0.1, 0.15) is 11.4 Å². The molecule has 3 rings (SSSR count). The number of rotatable bonds is 1. The van der Waals surface area contributed by atoms with Crippen LogP contribution in [0.2, 0.25) is 0 Å². The minimum atomic E-state index is -1.15. The number of ether oxygens (including phenoxy) is 1. The molecular formula is C18H20BrNO2. The van der Waals surface area contributed by atoms with Gasteiger partial charge in [-0.1, -0.05) is 35.8 Å². The molecule has 3 nitrogen and oxygen atoms in total. The number of aromatic nitrogens is 1. The molecule has 0 aliphatic carbocycles. The molecule has 0 saturated carbocycles. The summed E-state index contributed by atoms with van der Waals surface area (Å²) in [6.07, 6.45) is 2.28. The van der Waals surface area contributed by atoms with Crippen LogP contribution in [0.3, 0.4) is 0 Å². The van der Waals surface area contributed by atoms with Gasteiger partial charge in [-0.15, -0.1) is 0 Å². The first-order valence-electron chi connectivity index (χ1n) is 7.39. The molecule has 1 atom stereocenters. The lowest BCUT2D eigenvalue weighted by Gasteiger charge is -2.33. The third kappa shape index (κ3) is 2.66. The third-order valence-corrected chi connectivity index (χ3v) is 5.00. The maximum absolute atomic E-state index is 11.6. The zero-order chi connectivity index (χ0) is 16.0. The van der Waals surface area contributed by atoms with Gasteiger partial charge in [-0.3, -0.25) is 4.98 Å². The van der Waals surface area contributed by atoms with Crippen molar-refractivity contribution in [3.05, 3.63) is 57.8 Å². The second-order valence-corrected chi connectivity index (χ2v) is 7.66. The Morgan fingerprint density at radius 3 is 2.73 bits per heavy atom. The molecular weight excluding hydrogens is 342 g/mol. The Morgan fingerprint density at radius 2 is 2.05 bits per heavy atom. The third-order valence-electron chi connectivity index (χ3n) is 4.15. The highest BCUT2D eigenvalue weighted by molar-refractivity contribution is 9.10. The Hall–Kier alpha value is -1.39. The van der Waals surface area contributed by atoms with E-state index >= 15 is 0 Å². The van der Waals surface area contributed by atoms with Crippen molar-refractivity contribution < 1.29 is 9.84 Å². The number of hydrogen-bond acceptors (Lipinski definition) is 3. The lowest BCUT2D eigenvalue weighted by atomic mass is 9.76. The molecule has 22 heavy (non-hydrogen) atoms. The summed E-state index contributed by atoms with van der Waals surface area (Å²) >= 11 is 3.54. The van der Waals surface area contributed by atoms with Crippen LogP contribution in [0.25, 0.3) is 0 Å². The van der Waals surface area contributed by atoms with Crippen LogP contribution in [0.1, 0.15) is 37.1 Å². The van der Waals surface area contributed by atoms with Gasteiger partial charge >= 0.3 is 0 Å². The smallest absolute Gasteiger partial charge is 0.136 e. The van der Waals surface area contributed by atoms with Gasteiger partial charge in [0.2, 0.25) is 0 Å². The van der Waals surface area contributed by atoms with Crippen molar-refractivity contribution in [3.63, 3.8) is 0 Å². The number of hydrogen-bond donors (Lipinski definition) is 1. The predicted octanol–water partition coefficient (Wildman–Crippen LogP) is 4.20. The molecule has 1 aromatic heterocycles. The van der Waals surface area contributed by atoms with E-state index in [9.17, 15) is 5.11 Å². The summed E-state index contributed by atoms with van der Waals surface area (Å²) in [6.45, 7) is 6.78. The molecule has 0 radical (unpaired) electrons. The van der Waals surface area contributed by atoms with Crippen LogP contribution in [0.4, 0.5) is 0 Å². The van der Waals surface area contributed by atoms with Crippen LogP contribution in [-0.4, -0.2) is 16.7 Å². The summed E-state index contributed by atoms with van der Waals surface area (Å²) in [5, 5.41) is 11.6. The lowest BCUT2D eigenvalue weighted by molar-refractivity contribution is 0.0265. The van der Waals surface area contributed by atoms with Gasteiger partial charge in [0.25, 0.3) is 0 Å². The van der Waals surface area contributed by atoms with E-state index in [2.05, 4.69) is 34.8 Å². The molecule has 0 spiro atoms. The highest BCUT2D eigenvalue weighted by Crippen LogP contribution is 2.47. The van der Waals surface area contributed by atoms with Crippen molar-refractivity contribution in [1.82, 2.24) is 4.98 Å². The van der Waals surface area contributed by atoms with Crippen molar-refractivity contribution in [2.24, 2.45) is 5.41 Å². The van der Waals surface area contributed by atoms with E-state index in [0.29, 0.717) is 18.7 Å². The summed E-state index contributed by atoms with van der Waals surface area (Å²) in [4.78, 5) is 4.42. The average Bonchev–Trinajstić information content (AvgIpc) is 2.57. The van der Waals surface area contributed by atoms with Gasteiger partial charge in [-0.2, -0.15) is 0 Å². The number of halogens is 1. The van der Waals surface area contributed by atoms with Crippen LogP contribution in [0.5, 0.6) is 5.75 Å². The van der Waals surface area contributed by atoms with Gasteiger partial charge in [-0.25, -0.2) is 0 Å². The standard InChI is InChI=1S/C18H20BrNO2/c1-12-8-13-15(9-14(12)19)22-11-17(2,3)10-18(13,21)16-6-4-5-7-20-16/h4-9,21H,10-11H2,1-3H3. The molecule has 0 amide bonds. The molecule has 1 aliphatic rings. The van der Waals surface area contributed by atoms with Crippen LogP contribution in [-0.2, 0) is 5.60 Å². The fraction of sp³-hybridized carbons (Fsp3) is 0.389. The first kappa shape index (κ1) is 15.5. The van der Waals surface area contributed by atoms with Crippen LogP contribution < -0.4 is 4.74 Å². The maximum atomic E-state index is 11.6. The van der Waals surface area contributed by atoms with Gasteiger partial charge in [-0.05, 0) is 43.2 Å². The van der Waals surface area contributed by atoms with Gasteiger partial charge < -0.3 is 9.84 Å². The van der Waals surface area contributed by atoms with Crippen LogP contribution in [0, 0.1) is 12.3 Å². The van der Waals surface area contributed by atoms with Crippen LogP contribution >= 0.6 is 15.9 Å². The van der Waals surface area contributed by atoms with E-state index in [1.54, 1.807) is 6.20 Å². The average molecular weight is 362 g/mol. The van der Waals surface area contributed by atoms with Gasteiger partial charge in [0, 0.05) is 21.6 Å². The van der Waals surface area contributed by atoms with Gasteiger partial charge in [0.15, 0.2) is 0 Å². The van der Waals surface area contributed by atoms with Crippen LogP contribution in [0.15, 0.2) is 41.0 Å². The fourth-order valence-corrected chi connectivity index (χ4v) is 3.38. The predicted molar refractivity (Wildman–Crippen MR) is 90.0 cm³/mol. The van der Waals surface area contributed by atoms with Crippen molar-refractivity contribution >= 4 is 15.9 Å². The highest BCUT2D eigenvalue weighted by atomic mass is 79.9. The van der Waals surface area contributed by atoms with Gasteiger partial charge in [0.05, 0.1) is 12.3 Å². The van der Waals surface area contributed by atoms with E-state index in [0.717, 1.165) is 21.3 Å². The molecule has 2 heterocycles. The van der Waals surface area contributed by atoms with Crippen molar-refractivity contribution in [2.75, 3.05) is 6.61 Å². The normalized spacial score (nSPS) is 23.3. The molecule has 0 saturated heterocycles. The molecule has 116 valence electrons. The molecule has 1 N–H and O–H groups in total. The second-order valence-electron chi connectivity index (χ2n) is 6.80. The lowest BCUT2D eigenvalue weighted by Crippen LogP contribution is -2.34. The minimum absolute atomic E-state index is 0.161. The zero-order valence-electron chi connectivity index (χ0n) is 13.1. The van der Waals surface area contributed by atoms with E-state index in [1.807, 2.05) is 37.3 Å². The molecule has 2 aromatic rings. The minimum Gasteiger partial charge on any atom is -0.493 e. The Bertz CT molecular complexity index is 700. The Balaban J connectivity index is 2.25. The number of aliphatic hydroxyl groups is 1. The Kier molecular flexibility index (Phi) is 3.77. The van der Waals surface area contributed by atoms with Crippen molar-refractivity contribution in [3.8, 4) is 5.75 Å². The topological polar surface area (TPSA) is 42.4 Å². The van der Waals surface area contributed by atoms with Crippen molar-refractivity contribution in [1.29, 1.82) is 0 Å². The fourth-order valence-electron chi connectivity index (χ4n) is 3.05. The quantitative estimate of drug-likeness (QED) is 0.827. The zero-order valence-corrected chi connectivity index (χ0v) is 14.6. The number of benzene rings is 1. The highest BCUT2D eigenvalue weighted by Gasteiger charge is 2.43. The Labute approximate surface area is 139 Å². The summed E-state index contributed by atoms with van der Waals surface area (Å²) in [6, 6.07) is 9.58. The molecule has 4 heteroatoms. The summed E-state index contributed by atoms with van der Waals surface area (Å²) in [5.41, 5.74) is 1.21. The van der Waals surface area contributed by atoms with Crippen molar-refractivity contribution in [2.45, 2.75) is 32.8 Å². The first-order chi connectivity index (χ1) is 10.3. The monoisotopic (exact) mass is 361 g/mol.